The van der Waals surface area contributed by atoms with Crippen molar-refractivity contribution in [3.05, 3.63) is 29.3 Å². The third-order valence-corrected chi connectivity index (χ3v) is 6.12. The Kier molecular flexibility index (Phi) is 9.09. The van der Waals surface area contributed by atoms with Gasteiger partial charge >= 0.3 is 0 Å². The summed E-state index contributed by atoms with van der Waals surface area (Å²) in [6.07, 6.45) is 2.44. The molecule has 0 aromatic heterocycles. The lowest BCUT2D eigenvalue weighted by atomic mass is 9.73. The number of hydroxylamine groups is 1. The van der Waals surface area contributed by atoms with E-state index in [1.165, 1.54) is 11.5 Å². The van der Waals surface area contributed by atoms with Crippen molar-refractivity contribution in [1.29, 1.82) is 0 Å². The molecule has 2 atom stereocenters. The molecule has 0 bridgehead atoms. The van der Waals surface area contributed by atoms with E-state index < -0.39 is 5.91 Å². The first-order valence-electron chi connectivity index (χ1n) is 11.6. The monoisotopic (exact) mass is 475 g/mol. The van der Waals surface area contributed by atoms with E-state index in [1.807, 2.05) is 13.0 Å². The van der Waals surface area contributed by atoms with E-state index in [9.17, 15) is 19.8 Å². The lowest BCUT2D eigenvalue weighted by Gasteiger charge is -2.30. The predicted octanol–water partition coefficient (Wildman–Crippen LogP) is 3.35. The first-order valence-corrected chi connectivity index (χ1v) is 11.6. The van der Waals surface area contributed by atoms with Crippen molar-refractivity contribution in [3.8, 4) is 17.2 Å². The summed E-state index contributed by atoms with van der Waals surface area (Å²) in [5, 5.41) is 30.7. The Bertz CT molecular complexity index is 1020. The molecular weight excluding hydrogens is 442 g/mol. The minimum absolute atomic E-state index is 0.0486. The highest BCUT2D eigenvalue weighted by Gasteiger charge is 2.35. The van der Waals surface area contributed by atoms with Crippen LogP contribution in [0.2, 0.25) is 0 Å². The number of rotatable bonds is 12. The highest BCUT2D eigenvalue weighted by Crippen LogP contribution is 2.44. The van der Waals surface area contributed by atoms with Gasteiger partial charge in [-0.3, -0.25) is 14.8 Å². The average molecular weight is 476 g/mol. The lowest BCUT2D eigenvalue weighted by molar-refractivity contribution is -0.130. The number of hydrogen-bond acceptors (Lipinski definition) is 8. The molecule has 0 saturated heterocycles. The van der Waals surface area contributed by atoms with Gasteiger partial charge in [-0.2, -0.15) is 0 Å². The largest absolute Gasteiger partial charge is 0.507 e. The minimum Gasteiger partial charge on any atom is -0.507 e. The van der Waals surface area contributed by atoms with E-state index in [0.29, 0.717) is 42.9 Å². The fourth-order valence-electron chi connectivity index (χ4n) is 4.47. The Balaban J connectivity index is 1.59. The summed E-state index contributed by atoms with van der Waals surface area (Å²) >= 11 is 0. The number of benzene rings is 2. The van der Waals surface area contributed by atoms with E-state index in [4.69, 9.17) is 19.4 Å². The summed E-state index contributed by atoms with van der Waals surface area (Å²) in [4.78, 5) is 23.9. The molecule has 1 amide bonds. The lowest BCUT2D eigenvalue weighted by Crippen LogP contribution is -2.30. The van der Waals surface area contributed by atoms with Crippen LogP contribution >= 0.6 is 0 Å². The Morgan fingerprint density at radius 2 is 1.79 bits per heavy atom. The summed E-state index contributed by atoms with van der Waals surface area (Å²) in [5.41, 5.74) is 2.66. The van der Waals surface area contributed by atoms with Gasteiger partial charge in [-0.25, -0.2) is 5.48 Å². The standard InChI is InChI=1S/C25H33NO8/c1-3-4-19-15(2)11-16-12-17-13-18(14-20(27)22(17)25(30)23(16)24(19)29)34-10-9-33-8-7-32-6-5-21(28)26-31/h12-15,19,27,30-31H,3-11H2,1-2H3,(H,26,28)/t15-,19+/m1/s1. The Morgan fingerprint density at radius 1 is 1.09 bits per heavy atom. The first-order chi connectivity index (χ1) is 16.4. The maximum absolute atomic E-state index is 13.1. The van der Waals surface area contributed by atoms with Gasteiger partial charge in [-0.15, -0.1) is 0 Å². The molecule has 0 radical (unpaired) electrons. The zero-order valence-electron chi connectivity index (χ0n) is 19.6. The molecular formula is C25H33NO8. The van der Waals surface area contributed by atoms with E-state index in [2.05, 4.69) is 6.92 Å². The van der Waals surface area contributed by atoms with Crippen LogP contribution in [-0.2, 0) is 20.7 Å². The molecule has 9 heteroatoms. The van der Waals surface area contributed by atoms with Crippen molar-refractivity contribution < 1.29 is 39.2 Å². The number of aromatic hydroxyl groups is 2. The molecule has 2 aromatic rings. The third kappa shape index (κ3) is 5.97. The number of Topliss-reactive ketones (excluding diaryl/α,β-unsaturated/α-hetero) is 1. The van der Waals surface area contributed by atoms with Gasteiger partial charge < -0.3 is 24.4 Å². The first kappa shape index (κ1) is 25.7. The van der Waals surface area contributed by atoms with E-state index in [0.717, 1.165) is 18.4 Å². The van der Waals surface area contributed by atoms with Crippen molar-refractivity contribution >= 4 is 22.5 Å². The van der Waals surface area contributed by atoms with E-state index >= 15 is 0 Å². The Hall–Kier alpha value is -2.88. The van der Waals surface area contributed by atoms with Crippen LogP contribution in [0, 0.1) is 11.8 Å². The molecule has 0 saturated carbocycles. The van der Waals surface area contributed by atoms with E-state index in [1.54, 1.807) is 6.07 Å². The van der Waals surface area contributed by atoms with Crippen LogP contribution in [0.1, 0.15) is 49.0 Å². The molecule has 2 aromatic carbocycles. The number of phenolic OH excluding ortho intramolecular Hbond substituents is 2. The third-order valence-electron chi connectivity index (χ3n) is 6.12. The van der Waals surface area contributed by atoms with Crippen molar-refractivity contribution in [3.63, 3.8) is 0 Å². The van der Waals surface area contributed by atoms with Crippen molar-refractivity contribution in [2.45, 2.75) is 39.5 Å². The van der Waals surface area contributed by atoms with Crippen LogP contribution < -0.4 is 10.2 Å². The number of ether oxygens (including phenoxy) is 3. The highest BCUT2D eigenvalue weighted by atomic mass is 16.5. The van der Waals surface area contributed by atoms with Gasteiger partial charge in [0, 0.05) is 12.0 Å². The fourth-order valence-corrected chi connectivity index (χ4v) is 4.47. The van der Waals surface area contributed by atoms with Gasteiger partial charge in [0.1, 0.15) is 23.9 Å². The number of hydrogen-bond donors (Lipinski definition) is 4. The summed E-state index contributed by atoms with van der Waals surface area (Å²) < 4.78 is 16.3. The highest BCUT2D eigenvalue weighted by molar-refractivity contribution is 6.09. The number of ketones is 1. The van der Waals surface area contributed by atoms with Gasteiger partial charge in [-0.1, -0.05) is 20.3 Å². The Morgan fingerprint density at radius 3 is 2.50 bits per heavy atom. The summed E-state index contributed by atoms with van der Waals surface area (Å²) in [6, 6.07) is 5.01. The molecule has 0 spiro atoms. The number of phenols is 2. The zero-order chi connectivity index (χ0) is 24.7. The van der Waals surface area contributed by atoms with Gasteiger partial charge in [0.05, 0.1) is 43.8 Å². The maximum atomic E-state index is 13.1. The summed E-state index contributed by atoms with van der Waals surface area (Å²) in [7, 11) is 0. The molecule has 1 aliphatic rings. The van der Waals surface area contributed by atoms with Crippen LogP contribution in [-0.4, -0.2) is 60.1 Å². The number of fused-ring (bicyclic) bond motifs is 2. The maximum Gasteiger partial charge on any atom is 0.245 e. The normalized spacial score (nSPS) is 17.6. The van der Waals surface area contributed by atoms with Crippen LogP contribution in [0.4, 0.5) is 0 Å². The van der Waals surface area contributed by atoms with Crippen molar-refractivity contribution in [2.24, 2.45) is 11.8 Å². The van der Waals surface area contributed by atoms with Gasteiger partial charge in [-0.05, 0) is 41.8 Å². The second-order valence-corrected chi connectivity index (χ2v) is 8.60. The van der Waals surface area contributed by atoms with Gasteiger partial charge in [0.25, 0.3) is 0 Å². The Labute approximate surface area is 198 Å². The molecule has 1 aliphatic carbocycles. The van der Waals surface area contributed by atoms with Gasteiger partial charge in [0.15, 0.2) is 5.78 Å². The number of carbonyl (C=O) groups excluding carboxylic acids is 2. The van der Waals surface area contributed by atoms with Crippen LogP contribution in [0.15, 0.2) is 18.2 Å². The van der Waals surface area contributed by atoms with Crippen molar-refractivity contribution in [1.82, 2.24) is 5.48 Å². The molecule has 34 heavy (non-hydrogen) atoms. The second-order valence-electron chi connectivity index (χ2n) is 8.60. The molecule has 3 rings (SSSR count). The number of carbonyl (C=O) groups is 2. The topological polar surface area (TPSA) is 135 Å². The van der Waals surface area contributed by atoms with Crippen LogP contribution in [0.25, 0.3) is 10.8 Å². The van der Waals surface area contributed by atoms with Crippen molar-refractivity contribution in [2.75, 3.05) is 33.0 Å². The number of nitrogens with one attached hydrogen (secondary N) is 1. The fraction of sp³-hybridized carbons (Fsp3) is 0.520. The second kappa shape index (κ2) is 12.0. The molecule has 4 N–H and O–H groups in total. The minimum atomic E-state index is -0.511. The molecule has 186 valence electrons. The van der Waals surface area contributed by atoms with Crippen LogP contribution in [0.3, 0.4) is 0 Å². The molecule has 9 nitrogen and oxygen atoms in total. The number of amides is 1. The van der Waals surface area contributed by atoms with Gasteiger partial charge in [0.2, 0.25) is 5.91 Å². The molecule has 0 fully saturated rings. The average Bonchev–Trinajstić information content (AvgIpc) is 2.79. The summed E-state index contributed by atoms with van der Waals surface area (Å²) in [6.45, 7) is 5.44. The quantitative estimate of drug-likeness (QED) is 0.209. The summed E-state index contributed by atoms with van der Waals surface area (Å²) in [5.74, 6) is -0.356. The van der Waals surface area contributed by atoms with E-state index in [-0.39, 0.29) is 54.1 Å². The SMILES string of the molecule is CCC[C@@H]1C(=O)c2c(cc3cc(OCCOCCOCCC(=O)NO)cc(O)c3c2O)C[C@H]1C. The smallest absolute Gasteiger partial charge is 0.245 e. The van der Waals surface area contributed by atoms with Crippen LogP contribution in [0.5, 0.6) is 17.2 Å². The molecule has 0 aliphatic heterocycles. The predicted molar refractivity (Wildman–Crippen MR) is 125 cm³/mol. The molecule has 0 unspecified atom stereocenters. The molecule has 0 heterocycles. The zero-order valence-corrected chi connectivity index (χ0v) is 19.6.